The number of nitrogen functional groups attached to an aromatic ring is 1. The van der Waals surface area contributed by atoms with E-state index in [1.807, 2.05) is 0 Å². The lowest BCUT2D eigenvalue weighted by Gasteiger charge is -2.08. The molecule has 0 unspecified atom stereocenters. The number of nitrogens with two attached hydrogens (primary N) is 1. The molecule has 16 heavy (non-hydrogen) atoms. The minimum absolute atomic E-state index is 0.0416. The summed E-state index contributed by atoms with van der Waals surface area (Å²) in [6, 6.07) is 6.58. The van der Waals surface area contributed by atoms with Crippen molar-refractivity contribution >= 4 is 11.6 Å². The van der Waals surface area contributed by atoms with Gasteiger partial charge >= 0.3 is 6.18 Å². The van der Waals surface area contributed by atoms with E-state index in [9.17, 15) is 18.0 Å². The molecule has 0 saturated heterocycles. The van der Waals surface area contributed by atoms with Crippen molar-refractivity contribution in [1.29, 1.82) is 0 Å². The lowest BCUT2D eigenvalue weighted by molar-refractivity contribution is -0.153. The van der Waals surface area contributed by atoms with E-state index in [-0.39, 0.29) is 6.54 Å². The van der Waals surface area contributed by atoms with E-state index in [4.69, 9.17) is 5.73 Å². The fraction of sp³-hybridized carbons (Fsp3) is 0.300. The Balaban J connectivity index is 2.43. The van der Waals surface area contributed by atoms with Gasteiger partial charge in [0.25, 0.3) is 0 Å². The largest absolute Gasteiger partial charge is 0.399 e. The van der Waals surface area contributed by atoms with E-state index in [0.717, 1.165) is 0 Å². The lowest BCUT2D eigenvalue weighted by atomic mass is 10.2. The van der Waals surface area contributed by atoms with Crippen molar-refractivity contribution in [3.63, 3.8) is 0 Å². The average molecular weight is 232 g/mol. The number of hydrogen-bond acceptors (Lipinski definition) is 2. The monoisotopic (exact) mass is 232 g/mol. The minimum atomic E-state index is -4.47. The number of benzene rings is 1. The van der Waals surface area contributed by atoms with Crippen LogP contribution < -0.4 is 11.1 Å². The fourth-order valence-corrected chi connectivity index (χ4v) is 1.15. The molecule has 0 fully saturated rings. The Labute approximate surface area is 90.4 Å². The van der Waals surface area contributed by atoms with Crippen molar-refractivity contribution in [2.45, 2.75) is 19.1 Å². The summed E-state index contributed by atoms with van der Waals surface area (Å²) in [5, 5.41) is 2.17. The predicted molar refractivity (Wildman–Crippen MR) is 53.4 cm³/mol. The quantitative estimate of drug-likeness (QED) is 0.781. The number of carbonyl (C=O) groups is 1. The van der Waals surface area contributed by atoms with Crippen molar-refractivity contribution in [3.8, 4) is 0 Å². The summed E-state index contributed by atoms with van der Waals surface area (Å²) >= 11 is 0. The fourth-order valence-electron chi connectivity index (χ4n) is 1.15. The molecule has 6 heteroatoms. The Morgan fingerprint density at radius 3 is 2.62 bits per heavy atom. The van der Waals surface area contributed by atoms with Crippen LogP contribution in [0.2, 0.25) is 0 Å². The molecule has 0 bridgehead atoms. The van der Waals surface area contributed by atoms with Crippen LogP contribution >= 0.6 is 0 Å². The summed E-state index contributed by atoms with van der Waals surface area (Å²) in [4.78, 5) is 10.9. The summed E-state index contributed by atoms with van der Waals surface area (Å²) in [6.07, 6.45) is -5.94. The first-order chi connectivity index (χ1) is 7.37. The summed E-state index contributed by atoms with van der Waals surface area (Å²) in [5.41, 5.74) is 6.64. The second-order valence-electron chi connectivity index (χ2n) is 3.31. The number of nitrogens with one attached hydrogen (secondary N) is 1. The van der Waals surface area contributed by atoms with Crippen LogP contribution in [0.1, 0.15) is 12.0 Å². The van der Waals surface area contributed by atoms with Gasteiger partial charge in [0.05, 0.1) is 0 Å². The highest BCUT2D eigenvalue weighted by atomic mass is 19.4. The van der Waals surface area contributed by atoms with E-state index in [2.05, 4.69) is 5.32 Å². The third kappa shape index (κ3) is 4.68. The molecule has 0 spiro atoms. The minimum Gasteiger partial charge on any atom is -0.399 e. The van der Waals surface area contributed by atoms with E-state index >= 15 is 0 Å². The zero-order valence-electron chi connectivity index (χ0n) is 8.34. The first kappa shape index (κ1) is 12.4. The first-order valence-electron chi connectivity index (χ1n) is 4.55. The zero-order valence-corrected chi connectivity index (χ0v) is 8.34. The molecule has 88 valence electrons. The number of hydrogen-bond donors (Lipinski definition) is 2. The third-order valence-electron chi connectivity index (χ3n) is 1.80. The number of rotatable bonds is 3. The molecule has 0 aliphatic heterocycles. The van der Waals surface area contributed by atoms with Gasteiger partial charge in [-0.05, 0) is 17.7 Å². The normalized spacial score (nSPS) is 11.2. The standard InChI is InChI=1S/C10H11F3N2O/c11-10(12,13)5-9(16)15-6-7-2-1-3-8(14)4-7/h1-4H,5-6,14H2,(H,15,16). The number of carbonyl (C=O) groups excluding carboxylic acids is 1. The number of alkyl halides is 3. The van der Waals surface area contributed by atoms with Crippen LogP contribution in [0, 0.1) is 0 Å². The van der Waals surface area contributed by atoms with Crippen LogP contribution in [0.3, 0.4) is 0 Å². The van der Waals surface area contributed by atoms with Crippen LogP contribution in [0.15, 0.2) is 24.3 Å². The third-order valence-corrected chi connectivity index (χ3v) is 1.80. The highest BCUT2D eigenvalue weighted by molar-refractivity contribution is 5.76. The average Bonchev–Trinajstić information content (AvgIpc) is 2.12. The molecule has 0 aromatic heterocycles. The van der Waals surface area contributed by atoms with Crippen molar-refractivity contribution in [2.24, 2.45) is 0 Å². The van der Waals surface area contributed by atoms with Crippen molar-refractivity contribution in [2.75, 3.05) is 5.73 Å². The number of halogens is 3. The van der Waals surface area contributed by atoms with E-state index < -0.39 is 18.5 Å². The van der Waals surface area contributed by atoms with Gasteiger partial charge in [-0.2, -0.15) is 13.2 Å². The molecule has 1 amide bonds. The predicted octanol–water partition coefficient (Wildman–Crippen LogP) is 1.84. The smallest absolute Gasteiger partial charge is 0.397 e. The van der Waals surface area contributed by atoms with Gasteiger partial charge < -0.3 is 11.1 Å². The molecule has 1 aromatic carbocycles. The van der Waals surface area contributed by atoms with Gasteiger partial charge in [-0.25, -0.2) is 0 Å². The van der Waals surface area contributed by atoms with Gasteiger partial charge in [0, 0.05) is 12.2 Å². The maximum absolute atomic E-state index is 11.8. The van der Waals surface area contributed by atoms with Crippen LogP contribution in [-0.4, -0.2) is 12.1 Å². The Morgan fingerprint density at radius 1 is 1.38 bits per heavy atom. The molecule has 0 heterocycles. The lowest BCUT2D eigenvalue weighted by Crippen LogP contribution is -2.28. The molecule has 0 radical (unpaired) electrons. The molecule has 3 nitrogen and oxygen atoms in total. The summed E-state index contributed by atoms with van der Waals surface area (Å²) in [6.45, 7) is 0.0416. The summed E-state index contributed by atoms with van der Waals surface area (Å²) in [5.74, 6) is -1.05. The van der Waals surface area contributed by atoms with Gasteiger partial charge in [0.1, 0.15) is 6.42 Å². The Kier molecular flexibility index (Phi) is 3.76. The molecule has 1 rings (SSSR count). The van der Waals surface area contributed by atoms with Crippen molar-refractivity contribution in [3.05, 3.63) is 29.8 Å². The van der Waals surface area contributed by atoms with Crippen LogP contribution in [0.4, 0.5) is 18.9 Å². The molecule has 0 saturated carbocycles. The van der Waals surface area contributed by atoms with Crippen molar-refractivity contribution in [1.82, 2.24) is 5.32 Å². The molecule has 3 N–H and O–H groups in total. The summed E-state index contributed by atoms with van der Waals surface area (Å²) in [7, 11) is 0. The second-order valence-corrected chi connectivity index (χ2v) is 3.31. The van der Waals surface area contributed by atoms with Crippen LogP contribution in [-0.2, 0) is 11.3 Å². The van der Waals surface area contributed by atoms with Gasteiger partial charge in [0.2, 0.25) is 5.91 Å². The van der Waals surface area contributed by atoms with Crippen molar-refractivity contribution < 1.29 is 18.0 Å². The molecule has 0 aliphatic carbocycles. The Morgan fingerprint density at radius 2 is 2.06 bits per heavy atom. The highest BCUT2D eigenvalue weighted by Gasteiger charge is 2.30. The van der Waals surface area contributed by atoms with Gasteiger partial charge in [0.15, 0.2) is 0 Å². The van der Waals surface area contributed by atoms with Crippen LogP contribution in [0.25, 0.3) is 0 Å². The maximum Gasteiger partial charge on any atom is 0.397 e. The molecule has 0 aliphatic rings. The van der Waals surface area contributed by atoms with Gasteiger partial charge in [-0.1, -0.05) is 12.1 Å². The number of anilines is 1. The topological polar surface area (TPSA) is 55.1 Å². The first-order valence-corrected chi connectivity index (χ1v) is 4.55. The molecule has 1 aromatic rings. The molecular formula is C10H11F3N2O. The van der Waals surface area contributed by atoms with E-state index in [1.165, 1.54) is 0 Å². The Bertz CT molecular complexity index is 377. The Hall–Kier alpha value is -1.72. The van der Waals surface area contributed by atoms with E-state index in [1.54, 1.807) is 24.3 Å². The van der Waals surface area contributed by atoms with Crippen LogP contribution in [0.5, 0.6) is 0 Å². The highest BCUT2D eigenvalue weighted by Crippen LogP contribution is 2.19. The molecular weight excluding hydrogens is 221 g/mol. The number of amides is 1. The van der Waals surface area contributed by atoms with Gasteiger partial charge in [-0.3, -0.25) is 4.79 Å². The maximum atomic E-state index is 11.8. The second kappa shape index (κ2) is 4.87. The summed E-state index contributed by atoms with van der Waals surface area (Å²) < 4.78 is 35.4. The van der Waals surface area contributed by atoms with E-state index in [0.29, 0.717) is 11.3 Å². The molecule has 0 atom stereocenters. The van der Waals surface area contributed by atoms with Gasteiger partial charge in [-0.15, -0.1) is 0 Å². The SMILES string of the molecule is Nc1cccc(CNC(=O)CC(F)(F)F)c1. The zero-order chi connectivity index (χ0) is 12.2.